The molecule has 0 saturated carbocycles. The van der Waals surface area contributed by atoms with Gasteiger partial charge in [-0.3, -0.25) is 4.79 Å². The van der Waals surface area contributed by atoms with E-state index < -0.39 is 0 Å². The van der Waals surface area contributed by atoms with Gasteiger partial charge in [0.15, 0.2) is 5.11 Å². The molecule has 2 N–H and O–H groups in total. The first-order valence-electron chi connectivity index (χ1n) is 9.20. The number of nitrogens with one attached hydrogen (secondary N) is 2. The number of aromatic amines is 1. The summed E-state index contributed by atoms with van der Waals surface area (Å²) in [6.45, 7) is 7.23. The second kappa shape index (κ2) is 9.69. The van der Waals surface area contributed by atoms with E-state index in [1.165, 1.54) is 5.56 Å². The Morgan fingerprint density at radius 2 is 2.00 bits per heavy atom. The normalized spacial score (nSPS) is 11.1. The van der Waals surface area contributed by atoms with Gasteiger partial charge < -0.3 is 20.1 Å². The Hall–Kier alpha value is -1.92. The van der Waals surface area contributed by atoms with Crippen LogP contribution in [0.3, 0.4) is 0 Å². The molecule has 5 nitrogen and oxygen atoms in total. The summed E-state index contributed by atoms with van der Waals surface area (Å²) in [5, 5.41) is 5.08. The highest BCUT2D eigenvalue weighted by molar-refractivity contribution is 7.80. The Labute approximate surface area is 161 Å². The van der Waals surface area contributed by atoms with Gasteiger partial charge in [0.25, 0.3) is 5.56 Å². The largest absolute Gasteiger partial charge is 0.363 e. The fourth-order valence-electron chi connectivity index (χ4n) is 2.75. The molecule has 0 spiro atoms. The maximum atomic E-state index is 12.5. The van der Waals surface area contributed by atoms with Crippen LogP contribution in [0.5, 0.6) is 0 Å². The summed E-state index contributed by atoms with van der Waals surface area (Å²) in [5.74, 6) is 0. The molecule has 0 fully saturated rings. The van der Waals surface area contributed by atoms with Crippen molar-refractivity contribution in [2.24, 2.45) is 0 Å². The first-order valence-corrected chi connectivity index (χ1v) is 9.61. The molecule has 0 aliphatic heterocycles. The number of fused-ring (bicyclic) bond motifs is 1. The number of thiocarbonyl (C=S) groups is 1. The Bertz CT molecular complexity index is 800. The molecule has 0 amide bonds. The lowest BCUT2D eigenvalue weighted by Gasteiger charge is -2.27. The monoisotopic (exact) mass is 374 g/mol. The fraction of sp³-hybridized carbons (Fsp3) is 0.500. The summed E-state index contributed by atoms with van der Waals surface area (Å²) in [7, 11) is 4.08. The molecule has 0 radical (unpaired) electrons. The number of benzene rings is 1. The molecule has 0 bridgehead atoms. The van der Waals surface area contributed by atoms with Gasteiger partial charge in [0, 0.05) is 30.7 Å². The number of rotatable bonds is 8. The van der Waals surface area contributed by atoms with E-state index in [2.05, 4.69) is 40.0 Å². The van der Waals surface area contributed by atoms with Crippen molar-refractivity contribution in [3.63, 3.8) is 0 Å². The quantitative estimate of drug-likeness (QED) is 0.550. The van der Waals surface area contributed by atoms with E-state index in [4.69, 9.17) is 12.2 Å². The lowest BCUT2D eigenvalue weighted by atomic mass is 10.1. The van der Waals surface area contributed by atoms with Crippen LogP contribution in [0.25, 0.3) is 10.9 Å². The molecular formula is C20H30N4OS. The summed E-state index contributed by atoms with van der Waals surface area (Å²) in [5.41, 5.74) is 2.73. The number of aryl methyl sites for hydroxylation is 1. The maximum absolute atomic E-state index is 12.5. The third-order valence-corrected chi connectivity index (χ3v) is 4.75. The van der Waals surface area contributed by atoms with Crippen LogP contribution in [-0.4, -0.2) is 53.6 Å². The van der Waals surface area contributed by atoms with Crippen molar-refractivity contribution in [3.05, 3.63) is 45.7 Å². The molecule has 0 saturated heterocycles. The number of H-pyrrole nitrogens is 1. The minimum Gasteiger partial charge on any atom is -0.363 e. The highest BCUT2D eigenvalue weighted by Gasteiger charge is 2.13. The highest BCUT2D eigenvalue weighted by atomic mass is 32.1. The summed E-state index contributed by atoms with van der Waals surface area (Å²) in [4.78, 5) is 19.7. The number of hydrogen-bond donors (Lipinski definition) is 2. The van der Waals surface area contributed by atoms with Gasteiger partial charge in [-0.15, -0.1) is 0 Å². The van der Waals surface area contributed by atoms with Gasteiger partial charge in [-0.2, -0.15) is 0 Å². The van der Waals surface area contributed by atoms with Crippen molar-refractivity contribution in [3.8, 4) is 0 Å². The van der Waals surface area contributed by atoms with Crippen LogP contribution < -0.4 is 10.9 Å². The number of unbranched alkanes of at least 4 members (excludes halogenated alkanes) is 1. The lowest BCUT2D eigenvalue weighted by Crippen LogP contribution is -2.43. The second-order valence-electron chi connectivity index (χ2n) is 7.02. The number of nitrogens with zero attached hydrogens (tertiary/aromatic N) is 2. The van der Waals surface area contributed by atoms with Crippen LogP contribution in [0.15, 0.2) is 29.1 Å². The lowest BCUT2D eigenvalue weighted by molar-refractivity contribution is 0.322. The summed E-state index contributed by atoms with van der Waals surface area (Å²) in [6.07, 6.45) is 2.20. The average Bonchev–Trinajstić information content (AvgIpc) is 2.59. The van der Waals surface area contributed by atoms with Crippen molar-refractivity contribution in [2.75, 3.05) is 33.7 Å². The predicted octanol–water partition coefficient (Wildman–Crippen LogP) is 2.87. The smallest absolute Gasteiger partial charge is 0.253 e. The molecule has 142 valence electrons. The third-order valence-electron chi connectivity index (χ3n) is 4.35. The van der Waals surface area contributed by atoms with Crippen molar-refractivity contribution < 1.29 is 0 Å². The number of likely N-dealkylation sites (N-methyl/N-ethyl adjacent to an activating group) is 1. The molecule has 26 heavy (non-hydrogen) atoms. The SMILES string of the molecule is CCCCNC(=S)N(CCN(C)C)Cc1cc2cc(C)ccc2[nH]c1=O. The Morgan fingerprint density at radius 3 is 2.69 bits per heavy atom. The number of hydrogen-bond acceptors (Lipinski definition) is 3. The van der Waals surface area contributed by atoms with Gasteiger partial charge in [0.05, 0.1) is 6.54 Å². The topological polar surface area (TPSA) is 51.4 Å². The van der Waals surface area contributed by atoms with Crippen LogP contribution >= 0.6 is 12.2 Å². The van der Waals surface area contributed by atoms with E-state index in [0.717, 1.165) is 48.9 Å². The van der Waals surface area contributed by atoms with Crippen LogP contribution in [0.4, 0.5) is 0 Å². The first-order chi connectivity index (χ1) is 12.4. The van der Waals surface area contributed by atoms with Crippen LogP contribution in [0.2, 0.25) is 0 Å². The predicted molar refractivity (Wildman–Crippen MR) is 114 cm³/mol. The number of pyridine rings is 1. The Kier molecular flexibility index (Phi) is 7.60. The molecule has 1 aromatic carbocycles. The molecule has 1 heterocycles. The zero-order valence-electron chi connectivity index (χ0n) is 16.3. The van der Waals surface area contributed by atoms with Gasteiger partial charge in [0.1, 0.15) is 0 Å². The molecule has 0 unspecified atom stereocenters. The van der Waals surface area contributed by atoms with E-state index in [9.17, 15) is 4.79 Å². The molecule has 1 aromatic heterocycles. The molecular weight excluding hydrogens is 344 g/mol. The average molecular weight is 375 g/mol. The molecule has 6 heteroatoms. The standard InChI is InChI=1S/C20H30N4OS/c1-5-6-9-21-20(26)24(11-10-23(3)4)14-17-13-16-12-15(2)7-8-18(16)22-19(17)25/h7-8,12-13H,5-6,9-11,14H2,1-4H3,(H,21,26)(H,22,25). The number of aromatic nitrogens is 1. The van der Waals surface area contributed by atoms with Crippen molar-refractivity contribution >= 4 is 28.2 Å². The van der Waals surface area contributed by atoms with E-state index in [-0.39, 0.29) is 5.56 Å². The van der Waals surface area contributed by atoms with Gasteiger partial charge >= 0.3 is 0 Å². The van der Waals surface area contributed by atoms with Crippen molar-refractivity contribution in [1.29, 1.82) is 0 Å². The fourth-order valence-corrected chi connectivity index (χ4v) is 3.01. The van der Waals surface area contributed by atoms with Gasteiger partial charge in [-0.1, -0.05) is 25.0 Å². The van der Waals surface area contributed by atoms with Gasteiger partial charge in [-0.05, 0) is 63.2 Å². The van der Waals surface area contributed by atoms with Crippen LogP contribution in [0, 0.1) is 6.92 Å². The summed E-state index contributed by atoms with van der Waals surface area (Å²) >= 11 is 5.58. The van der Waals surface area contributed by atoms with E-state index >= 15 is 0 Å². The third kappa shape index (κ3) is 5.81. The molecule has 0 aliphatic carbocycles. The van der Waals surface area contributed by atoms with Crippen LogP contribution in [-0.2, 0) is 6.54 Å². The van der Waals surface area contributed by atoms with Crippen LogP contribution in [0.1, 0.15) is 30.9 Å². The Morgan fingerprint density at radius 1 is 1.23 bits per heavy atom. The first kappa shape index (κ1) is 20.4. The zero-order chi connectivity index (χ0) is 19.1. The maximum Gasteiger partial charge on any atom is 0.253 e. The minimum absolute atomic E-state index is 0.0486. The minimum atomic E-state index is -0.0486. The summed E-state index contributed by atoms with van der Waals surface area (Å²) < 4.78 is 0. The molecule has 2 rings (SSSR count). The van der Waals surface area contributed by atoms with Gasteiger partial charge in [0.2, 0.25) is 0 Å². The van der Waals surface area contributed by atoms with Crippen molar-refractivity contribution in [1.82, 2.24) is 20.1 Å². The Balaban J connectivity index is 2.22. The molecule has 0 atom stereocenters. The molecule has 2 aromatic rings. The van der Waals surface area contributed by atoms with Crippen molar-refractivity contribution in [2.45, 2.75) is 33.2 Å². The van der Waals surface area contributed by atoms with E-state index in [1.54, 1.807) is 0 Å². The second-order valence-corrected chi connectivity index (χ2v) is 7.41. The van der Waals surface area contributed by atoms with Gasteiger partial charge in [-0.25, -0.2) is 0 Å². The zero-order valence-corrected chi connectivity index (χ0v) is 17.1. The summed E-state index contributed by atoms with van der Waals surface area (Å²) in [6, 6.07) is 8.04. The van der Waals surface area contributed by atoms with E-state index in [1.807, 2.05) is 32.3 Å². The highest BCUT2D eigenvalue weighted by Crippen LogP contribution is 2.14. The van der Waals surface area contributed by atoms with E-state index in [0.29, 0.717) is 11.7 Å². The molecule has 0 aliphatic rings.